The van der Waals surface area contributed by atoms with Gasteiger partial charge in [0.2, 0.25) is 5.91 Å². The third-order valence-electron chi connectivity index (χ3n) is 6.37. The number of thiazole rings is 1. The highest BCUT2D eigenvalue weighted by Gasteiger charge is 2.27. The molecule has 2 amide bonds. The summed E-state index contributed by atoms with van der Waals surface area (Å²) in [5.74, 6) is -0.833. The Hall–Kier alpha value is -3.35. The maximum absolute atomic E-state index is 15.1. The van der Waals surface area contributed by atoms with E-state index in [1.165, 1.54) is 17.4 Å². The van der Waals surface area contributed by atoms with Gasteiger partial charge in [-0.3, -0.25) is 9.59 Å². The highest BCUT2D eigenvalue weighted by atomic mass is 32.2. The Morgan fingerprint density at radius 3 is 2.71 bits per heavy atom. The molecule has 0 saturated heterocycles. The smallest absolute Gasteiger partial charge is 0.254 e. The van der Waals surface area contributed by atoms with Gasteiger partial charge in [-0.15, -0.1) is 0 Å². The zero-order valence-electron chi connectivity index (χ0n) is 21.5. The monoisotopic (exact) mass is 560 g/mol. The fourth-order valence-corrected chi connectivity index (χ4v) is 5.71. The summed E-state index contributed by atoms with van der Waals surface area (Å²) < 4.78 is 44.8. The average molecular weight is 561 g/mol. The average Bonchev–Trinajstić information content (AvgIpc) is 3.24. The molecule has 38 heavy (non-hydrogen) atoms. The van der Waals surface area contributed by atoms with Gasteiger partial charge in [0, 0.05) is 35.7 Å². The van der Waals surface area contributed by atoms with Crippen molar-refractivity contribution in [1.82, 2.24) is 15.2 Å². The number of nitrogens with one attached hydrogen (secondary N) is 2. The van der Waals surface area contributed by atoms with Crippen molar-refractivity contribution in [3.8, 4) is 16.2 Å². The van der Waals surface area contributed by atoms with Gasteiger partial charge < -0.3 is 20.3 Å². The lowest BCUT2D eigenvalue weighted by Crippen LogP contribution is -2.35. The quantitative estimate of drug-likeness (QED) is 0.454. The standard InChI is InChI=1S/C26H29FN4O5S2/c1-5-18-19(7-9-22(23(18)27)38(4,34)35)25(33)31-10-11-36-20-8-6-16(12-17(20)14-31)21-13-29-26(37-21)30-24(32)15(2)28-3/h6-9,12-13,15,28H,5,10-11,14H2,1-4H3,(H,29,30,32)/t15-/m1/s1. The number of sulfone groups is 1. The van der Waals surface area contributed by atoms with Gasteiger partial charge in [-0.1, -0.05) is 18.3 Å². The van der Waals surface area contributed by atoms with Crippen LogP contribution in [0.5, 0.6) is 5.75 Å². The molecular weight excluding hydrogens is 531 g/mol. The molecule has 12 heteroatoms. The number of benzene rings is 2. The fourth-order valence-electron chi connectivity index (χ4n) is 4.13. The van der Waals surface area contributed by atoms with Crippen LogP contribution in [0.1, 0.15) is 35.3 Å². The number of hydrogen-bond donors (Lipinski definition) is 2. The number of fused-ring (bicyclic) bond motifs is 1. The van der Waals surface area contributed by atoms with E-state index in [1.54, 1.807) is 32.0 Å². The van der Waals surface area contributed by atoms with E-state index in [9.17, 15) is 18.0 Å². The number of anilines is 1. The summed E-state index contributed by atoms with van der Waals surface area (Å²) in [6.45, 7) is 4.19. The van der Waals surface area contributed by atoms with E-state index >= 15 is 4.39 Å². The Morgan fingerprint density at radius 2 is 2.03 bits per heavy atom. The molecule has 1 aliphatic heterocycles. The van der Waals surface area contributed by atoms with Crippen LogP contribution >= 0.6 is 11.3 Å². The summed E-state index contributed by atoms with van der Waals surface area (Å²) in [5.41, 5.74) is 1.82. The molecule has 0 fully saturated rings. The number of carbonyl (C=O) groups is 2. The van der Waals surface area contributed by atoms with Gasteiger partial charge in [0.1, 0.15) is 23.1 Å². The van der Waals surface area contributed by atoms with Crippen molar-refractivity contribution < 1.29 is 27.1 Å². The number of nitrogens with zero attached hydrogens (tertiary/aromatic N) is 2. The molecule has 2 N–H and O–H groups in total. The van der Waals surface area contributed by atoms with Crippen molar-refractivity contribution in [3.05, 3.63) is 59.0 Å². The second-order valence-electron chi connectivity index (χ2n) is 8.96. The van der Waals surface area contributed by atoms with Crippen molar-refractivity contribution in [2.75, 3.05) is 31.8 Å². The van der Waals surface area contributed by atoms with Crippen LogP contribution in [-0.2, 0) is 27.6 Å². The van der Waals surface area contributed by atoms with Gasteiger partial charge in [-0.25, -0.2) is 17.8 Å². The van der Waals surface area contributed by atoms with E-state index in [2.05, 4.69) is 15.6 Å². The summed E-state index contributed by atoms with van der Waals surface area (Å²) in [4.78, 5) is 31.9. The third-order valence-corrected chi connectivity index (χ3v) is 8.44. The molecule has 0 spiro atoms. The molecule has 1 aromatic heterocycles. The minimum Gasteiger partial charge on any atom is -0.491 e. The molecule has 1 aliphatic rings. The molecule has 0 aliphatic carbocycles. The lowest BCUT2D eigenvalue weighted by Gasteiger charge is -2.22. The second kappa shape index (κ2) is 11.2. The van der Waals surface area contributed by atoms with Crippen molar-refractivity contribution in [2.45, 2.75) is 37.8 Å². The highest BCUT2D eigenvalue weighted by molar-refractivity contribution is 7.90. The first-order valence-electron chi connectivity index (χ1n) is 12.0. The van der Waals surface area contributed by atoms with Gasteiger partial charge >= 0.3 is 0 Å². The van der Waals surface area contributed by atoms with E-state index in [0.29, 0.717) is 10.9 Å². The maximum atomic E-state index is 15.1. The topological polar surface area (TPSA) is 118 Å². The first-order chi connectivity index (χ1) is 18.0. The zero-order valence-corrected chi connectivity index (χ0v) is 23.1. The van der Waals surface area contributed by atoms with Crippen molar-refractivity contribution in [3.63, 3.8) is 0 Å². The molecular formula is C26H29FN4O5S2. The number of likely N-dealkylation sites (N-methyl/N-ethyl adjacent to an activating group) is 1. The van der Waals surface area contributed by atoms with E-state index in [0.717, 1.165) is 28.3 Å². The van der Waals surface area contributed by atoms with Gasteiger partial charge in [0.05, 0.1) is 17.5 Å². The Labute approximate surface area is 225 Å². The predicted octanol–water partition coefficient (Wildman–Crippen LogP) is 3.50. The predicted molar refractivity (Wildman–Crippen MR) is 144 cm³/mol. The molecule has 4 rings (SSSR count). The summed E-state index contributed by atoms with van der Waals surface area (Å²) in [7, 11) is -2.07. The Bertz CT molecular complexity index is 1490. The van der Waals surface area contributed by atoms with E-state index < -0.39 is 26.5 Å². The molecule has 202 valence electrons. The van der Waals surface area contributed by atoms with E-state index in [-0.39, 0.29) is 49.2 Å². The third kappa shape index (κ3) is 5.71. The van der Waals surface area contributed by atoms with Crippen LogP contribution in [0.25, 0.3) is 10.4 Å². The van der Waals surface area contributed by atoms with Crippen molar-refractivity contribution >= 4 is 38.1 Å². The van der Waals surface area contributed by atoms with Crippen molar-refractivity contribution in [1.29, 1.82) is 0 Å². The van der Waals surface area contributed by atoms with Crippen LogP contribution in [0, 0.1) is 5.82 Å². The molecule has 3 aromatic rings. The van der Waals surface area contributed by atoms with Gasteiger partial charge in [-0.05, 0) is 56.3 Å². The SMILES string of the molecule is CCc1c(C(=O)N2CCOc3ccc(-c4cnc(NC(=O)[C@@H](C)NC)s4)cc3C2)ccc(S(C)(=O)=O)c1F. The Balaban J connectivity index is 1.60. The van der Waals surface area contributed by atoms with Gasteiger partial charge in [0.25, 0.3) is 5.91 Å². The lowest BCUT2D eigenvalue weighted by molar-refractivity contribution is -0.117. The molecule has 0 radical (unpaired) electrons. The molecule has 0 unspecified atom stereocenters. The van der Waals surface area contributed by atoms with Gasteiger partial charge in [0.15, 0.2) is 15.0 Å². The summed E-state index contributed by atoms with van der Waals surface area (Å²) in [5, 5.41) is 6.14. The van der Waals surface area contributed by atoms with Crippen LogP contribution in [0.3, 0.4) is 0 Å². The number of rotatable bonds is 7. The fraction of sp³-hybridized carbons (Fsp3) is 0.346. The number of aromatic nitrogens is 1. The van der Waals surface area contributed by atoms with Crippen LogP contribution < -0.4 is 15.4 Å². The molecule has 2 aromatic carbocycles. The summed E-state index contributed by atoms with van der Waals surface area (Å²) in [6.07, 6.45) is 2.78. The maximum Gasteiger partial charge on any atom is 0.254 e. The van der Waals surface area contributed by atoms with Crippen LogP contribution in [0.15, 0.2) is 41.4 Å². The lowest BCUT2D eigenvalue weighted by atomic mass is 10.0. The van der Waals surface area contributed by atoms with Gasteiger partial charge in [-0.2, -0.15) is 0 Å². The summed E-state index contributed by atoms with van der Waals surface area (Å²) in [6, 6.07) is 7.79. The van der Waals surface area contributed by atoms with Crippen molar-refractivity contribution in [2.24, 2.45) is 0 Å². The zero-order chi connectivity index (χ0) is 27.6. The highest BCUT2D eigenvalue weighted by Crippen LogP contribution is 2.34. The Kier molecular flexibility index (Phi) is 8.14. The van der Waals surface area contributed by atoms with Crippen LogP contribution in [0.4, 0.5) is 9.52 Å². The first-order valence-corrected chi connectivity index (χ1v) is 14.7. The minimum atomic E-state index is -3.77. The minimum absolute atomic E-state index is 0.0730. The summed E-state index contributed by atoms with van der Waals surface area (Å²) >= 11 is 1.33. The Morgan fingerprint density at radius 1 is 1.26 bits per heavy atom. The molecule has 9 nitrogen and oxygen atoms in total. The number of amides is 2. The van der Waals surface area contributed by atoms with E-state index in [4.69, 9.17) is 4.74 Å². The molecule has 2 heterocycles. The largest absolute Gasteiger partial charge is 0.491 e. The normalized spacial score (nSPS) is 14.3. The van der Waals surface area contributed by atoms with E-state index in [1.807, 2.05) is 18.2 Å². The first kappa shape index (κ1) is 27.7. The number of carbonyl (C=O) groups excluding carboxylic acids is 2. The second-order valence-corrected chi connectivity index (χ2v) is 12.0. The number of ether oxygens (including phenoxy) is 1. The van der Waals surface area contributed by atoms with Crippen LogP contribution in [0.2, 0.25) is 0 Å². The van der Waals surface area contributed by atoms with Crippen LogP contribution in [-0.4, -0.2) is 62.6 Å². The number of halogens is 1. The molecule has 1 atom stereocenters. The molecule has 0 bridgehead atoms. The number of hydrogen-bond acceptors (Lipinski definition) is 8. The molecule has 0 saturated carbocycles.